The molecule has 9 nitrogen and oxygen atoms in total. The van der Waals surface area contributed by atoms with Gasteiger partial charge >= 0.3 is 11.9 Å². The van der Waals surface area contributed by atoms with Crippen LogP contribution in [0.15, 0.2) is 18.2 Å². The van der Waals surface area contributed by atoms with E-state index in [0.29, 0.717) is 34.5 Å². The maximum atomic E-state index is 13.1. The number of alkyl halides is 1. The van der Waals surface area contributed by atoms with Crippen molar-refractivity contribution in [2.45, 2.75) is 50.6 Å². The Kier molecular flexibility index (Phi) is 9.53. The zero-order chi connectivity index (χ0) is 29.1. The molecule has 0 radical (unpaired) electrons. The van der Waals surface area contributed by atoms with Crippen LogP contribution in [0.1, 0.15) is 52.2 Å². The number of carbonyl (C=O) groups is 2. The average molecular weight is 607 g/mol. The number of thioether (sulfide) groups is 1. The minimum atomic E-state index is -0.467. The molecular formula is C28H33Cl2N5O4S. The lowest BCUT2D eigenvalue weighted by Gasteiger charge is -2.12. The fraction of sp³-hybridized carbons (Fsp3) is 0.429. The third-order valence-electron chi connectivity index (χ3n) is 7.09. The number of nitrogens with zero attached hydrogens (tertiary/aromatic N) is 5. The van der Waals surface area contributed by atoms with E-state index in [2.05, 4.69) is 5.10 Å². The van der Waals surface area contributed by atoms with Gasteiger partial charge in [-0.3, -0.25) is 14.2 Å². The first-order valence-corrected chi connectivity index (χ1v) is 14.9. The van der Waals surface area contributed by atoms with Crippen molar-refractivity contribution in [1.29, 1.82) is 0 Å². The molecular weight excluding hydrogens is 573 g/mol. The molecule has 4 rings (SSSR count). The van der Waals surface area contributed by atoms with E-state index in [1.165, 1.54) is 14.2 Å². The van der Waals surface area contributed by atoms with Crippen LogP contribution in [0.25, 0.3) is 22.0 Å². The fourth-order valence-electron chi connectivity index (χ4n) is 5.08. The lowest BCUT2D eigenvalue weighted by molar-refractivity contribution is -0.140. The summed E-state index contributed by atoms with van der Waals surface area (Å²) >= 11 is 14.7. The molecule has 0 bridgehead atoms. The van der Waals surface area contributed by atoms with Crippen molar-refractivity contribution in [3.8, 4) is 11.1 Å². The van der Waals surface area contributed by atoms with E-state index >= 15 is 0 Å². The Morgan fingerprint density at radius 3 is 2.42 bits per heavy atom. The van der Waals surface area contributed by atoms with E-state index in [-0.39, 0.29) is 18.9 Å². The van der Waals surface area contributed by atoms with Crippen molar-refractivity contribution in [2.24, 2.45) is 14.1 Å². The Hall–Kier alpha value is -2.95. The lowest BCUT2D eigenvalue weighted by atomic mass is 9.96. The molecule has 1 aromatic carbocycles. The van der Waals surface area contributed by atoms with Crippen molar-refractivity contribution >= 4 is 57.8 Å². The summed E-state index contributed by atoms with van der Waals surface area (Å²) in [5.41, 5.74) is 7.54. The number of hydrogen-bond acceptors (Lipinski definition) is 7. The highest BCUT2D eigenvalue weighted by Gasteiger charge is 2.28. The fourth-order valence-corrected chi connectivity index (χ4v) is 6.43. The monoisotopic (exact) mass is 605 g/mol. The van der Waals surface area contributed by atoms with E-state index in [4.69, 9.17) is 37.8 Å². The molecule has 3 aromatic heterocycles. The number of benzene rings is 1. The number of esters is 2. The van der Waals surface area contributed by atoms with E-state index in [0.717, 1.165) is 50.4 Å². The van der Waals surface area contributed by atoms with Gasteiger partial charge in [-0.1, -0.05) is 18.5 Å². The van der Waals surface area contributed by atoms with Crippen molar-refractivity contribution in [2.75, 3.05) is 14.2 Å². The van der Waals surface area contributed by atoms with Crippen LogP contribution in [-0.4, -0.2) is 50.3 Å². The normalized spacial score (nSPS) is 11.4. The van der Waals surface area contributed by atoms with Gasteiger partial charge in [-0.15, -0.1) is 23.4 Å². The SMILES string of the molecule is CCc1c(C(=O)OC)n(CCC(=O)OC)c2ccc(Cl)c(-c3c(CSCc4cc(CCl)n(C)n4)nn(C)c3C)c12. The van der Waals surface area contributed by atoms with Gasteiger partial charge in [0, 0.05) is 64.9 Å². The first-order valence-electron chi connectivity index (χ1n) is 12.8. The van der Waals surface area contributed by atoms with Gasteiger partial charge in [0.05, 0.1) is 43.6 Å². The molecule has 0 saturated heterocycles. The highest BCUT2D eigenvalue weighted by atomic mass is 35.5. The van der Waals surface area contributed by atoms with Crippen LogP contribution in [0.2, 0.25) is 5.02 Å². The number of fused-ring (bicyclic) bond motifs is 1. The predicted molar refractivity (Wildman–Crippen MR) is 159 cm³/mol. The third kappa shape index (κ3) is 5.62. The molecule has 0 aliphatic carbocycles. The molecule has 0 N–H and O–H groups in total. The molecule has 0 saturated carbocycles. The van der Waals surface area contributed by atoms with Gasteiger partial charge < -0.3 is 14.0 Å². The Morgan fingerprint density at radius 2 is 1.80 bits per heavy atom. The zero-order valence-electron chi connectivity index (χ0n) is 23.5. The second-order valence-electron chi connectivity index (χ2n) is 9.37. The van der Waals surface area contributed by atoms with Crippen LogP contribution in [0, 0.1) is 6.92 Å². The Bertz CT molecular complexity index is 1570. The zero-order valence-corrected chi connectivity index (χ0v) is 25.8. The van der Waals surface area contributed by atoms with Gasteiger partial charge in [0.15, 0.2) is 0 Å². The molecule has 0 spiro atoms. The molecule has 0 aliphatic heterocycles. The summed E-state index contributed by atoms with van der Waals surface area (Å²) < 4.78 is 15.5. The van der Waals surface area contributed by atoms with E-state index in [9.17, 15) is 9.59 Å². The Balaban J connectivity index is 1.85. The van der Waals surface area contributed by atoms with Gasteiger partial charge in [0.25, 0.3) is 0 Å². The van der Waals surface area contributed by atoms with E-state index in [1.54, 1.807) is 16.4 Å². The number of hydrogen-bond donors (Lipinski definition) is 0. The lowest BCUT2D eigenvalue weighted by Crippen LogP contribution is -2.15. The maximum Gasteiger partial charge on any atom is 0.354 e. The maximum absolute atomic E-state index is 13.1. The average Bonchev–Trinajstić information content (AvgIpc) is 3.56. The summed E-state index contributed by atoms with van der Waals surface area (Å²) in [4.78, 5) is 25.1. The highest BCUT2D eigenvalue weighted by Crippen LogP contribution is 2.43. The van der Waals surface area contributed by atoms with Crippen LogP contribution in [0.5, 0.6) is 0 Å². The van der Waals surface area contributed by atoms with Crippen molar-refractivity contribution < 1.29 is 19.1 Å². The van der Waals surface area contributed by atoms with Crippen LogP contribution in [-0.2, 0) is 58.7 Å². The summed E-state index contributed by atoms with van der Waals surface area (Å²) in [5.74, 6) is 0.912. The molecule has 3 heterocycles. The number of carbonyl (C=O) groups excluding carboxylic acids is 2. The topological polar surface area (TPSA) is 93.2 Å². The number of ether oxygens (including phenoxy) is 2. The van der Waals surface area contributed by atoms with E-state index < -0.39 is 5.97 Å². The predicted octanol–water partition coefficient (Wildman–Crippen LogP) is 5.82. The number of methoxy groups -OCH3 is 2. The van der Waals surface area contributed by atoms with Gasteiger partial charge in [0.1, 0.15) is 5.69 Å². The standard InChI is InChI=1S/C28H33Cl2N5O4S/c1-7-19-25-22(35(11-10-23(36)38-5)27(19)28(37)39-6)9-8-20(30)26(25)24-16(2)33(3)32-21(24)15-40-14-17-12-18(13-29)34(4)31-17/h8-9,12H,7,10-11,13-15H2,1-6H3. The summed E-state index contributed by atoms with van der Waals surface area (Å²) in [6.07, 6.45) is 0.670. The second kappa shape index (κ2) is 12.7. The summed E-state index contributed by atoms with van der Waals surface area (Å²) in [6, 6.07) is 5.74. The van der Waals surface area contributed by atoms with Crippen molar-refractivity contribution in [1.82, 2.24) is 24.1 Å². The number of halogens is 2. The number of rotatable bonds is 11. The quantitative estimate of drug-likeness (QED) is 0.157. The van der Waals surface area contributed by atoms with E-state index in [1.807, 2.05) is 55.4 Å². The first kappa shape index (κ1) is 30.0. The van der Waals surface area contributed by atoms with Crippen LogP contribution in [0.3, 0.4) is 0 Å². The Labute approximate surface area is 247 Å². The second-order valence-corrected chi connectivity index (χ2v) is 11.0. The third-order valence-corrected chi connectivity index (χ3v) is 8.66. The molecule has 0 fully saturated rings. The molecule has 4 aromatic rings. The molecule has 214 valence electrons. The van der Waals surface area contributed by atoms with Crippen molar-refractivity contribution in [3.05, 3.63) is 57.3 Å². The summed E-state index contributed by atoms with van der Waals surface area (Å²) in [5, 5.41) is 10.8. The van der Waals surface area contributed by atoms with Crippen LogP contribution >= 0.6 is 35.0 Å². The molecule has 0 amide bonds. The molecule has 40 heavy (non-hydrogen) atoms. The number of aromatic nitrogens is 5. The minimum Gasteiger partial charge on any atom is -0.469 e. The van der Waals surface area contributed by atoms with Crippen LogP contribution in [0.4, 0.5) is 0 Å². The smallest absolute Gasteiger partial charge is 0.354 e. The van der Waals surface area contributed by atoms with Crippen molar-refractivity contribution in [3.63, 3.8) is 0 Å². The van der Waals surface area contributed by atoms with Gasteiger partial charge in [-0.05, 0) is 37.1 Å². The molecule has 0 aliphatic rings. The molecule has 0 atom stereocenters. The molecule has 12 heteroatoms. The number of aryl methyl sites for hydroxylation is 4. The highest BCUT2D eigenvalue weighted by molar-refractivity contribution is 7.97. The van der Waals surface area contributed by atoms with Gasteiger partial charge in [0.2, 0.25) is 0 Å². The first-order chi connectivity index (χ1) is 19.2. The Morgan fingerprint density at radius 1 is 1.05 bits per heavy atom. The minimum absolute atomic E-state index is 0.109. The van der Waals surface area contributed by atoms with Crippen LogP contribution < -0.4 is 0 Å². The largest absolute Gasteiger partial charge is 0.469 e. The summed E-state index contributed by atoms with van der Waals surface area (Å²) in [7, 11) is 6.51. The molecule has 0 unspecified atom stereocenters. The summed E-state index contributed by atoms with van der Waals surface area (Å²) in [6.45, 7) is 4.27. The van der Waals surface area contributed by atoms with Gasteiger partial charge in [-0.25, -0.2) is 4.79 Å². The van der Waals surface area contributed by atoms with Gasteiger partial charge in [-0.2, -0.15) is 10.2 Å².